The highest BCUT2D eigenvalue weighted by molar-refractivity contribution is 5.78. The smallest absolute Gasteiger partial charge is 0.229 e. The molecular weight excluding hydrogens is 321 g/mol. The summed E-state index contributed by atoms with van der Waals surface area (Å²) >= 11 is 0. The van der Waals surface area contributed by atoms with Gasteiger partial charge in [-0.25, -0.2) is 9.37 Å². The average Bonchev–Trinajstić information content (AvgIpc) is 2.95. The lowest BCUT2D eigenvalue weighted by Gasteiger charge is -2.26. The summed E-state index contributed by atoms with van der Waals surface area (Å²) in [6, 6.07) is 6.57. The van der Waals surface area contributed by atoms with Crippen molar-refractivity contribution in [3.63, 3.8) is 0 Å². The maximum atomic E-state index is 13.8. The van der Waals surface area contributed by atoms with Gasteiger partial charge in [-0.15, -0.1) is 0 Å². The number of hydrogen-bond acceptors (Lipinski definition) is 4. The highest BCUT2D eigenvalue weighted by Gasteiger charge is 2.17. The fourth-order valence-corrected chi connectivity index (χ4v) is 2.79. The third kappa shape index (κ3) is 4.89. The van der Waals surface area contributed by atoms with Gasteiger partial charge in [-0.3, -0.25) is 9.69 Å². The molecule has 0 aliphatic carbocycles. The largest absolute Gasteiger partial charge is 0.441 e. The lowest BCUT2D eigenvalue weighted by molar-refractivity contribution is -0.120. The third-order valence-corrected chi connectivity index (χ3v) is 4.36. The zero-order valence-electron chi connectivity index (χ0n) is 15.3. The number of carbonyl (C=O) groups is 1. The summed E-state index contributed by atoms with van der Waals surface area (Å²) in [4.78, 5) is 18.8. The lowest BCUT2D eigenvalue weighted by Crippen LogP contribution is -2.42. The number of benzene rings is 1. The average molecular weight is 347 g/mol. The van der Waals surface area contributed by atoms with Crippen LogP contribution in [0.25, 0.3) is 11.5 Å². The first-order valence-corrected chi connectivity index (χ1v) is 8.68. The van der Waals surface area contributed by atoms with Gasteiger partial charge in [0.25, 0.3) is 0 Å². The summed E-state index contributed by atoms with van der Waals surface area (Å²) in [5.41, 5.74) is 0.832. The maximum Gasteiger partial charge on any atom is 0.229 e. The van der Waals surface area contributed by atoms with Crippen LogP contribution in [0.15, 0.2) is 28.7 Å². The summed E-state index contributed by atoms with van der Waals surface area (Å²) in [6.45, 7) is 10.5. The summed E-state index contributed by atoms with van der Waals surface area (Å²) in [5, 5.41) is 2.93. The first kappa shape index (κ1) is 19.1. The van der Waals surface area contributed by atoms with Gasteiger partial charge < -0.3 is 9.73 Å². The second kappa shape index (κ2) is 8.76. The van der Waals surface area contributed by atoms with E-state index in [2.05, 4.69) is 36.0 Å². The zero-order chi connectivity index (χ0) is 18.4. The Kier molecular flexibility index (Phi) is 6.70. The predicted molar refractivity (Wildman–Crippen MR) is 95.7 cm³/mol. The molecule has 2 rings (SSSR count). The molecule has 5 nitrogen and oxygen atoms in total. The SMILES string of the molecule is CCN(CC)C(C)CNC(=O)Cc1nc(-c2ccccc2F)oc1C. The third-order valence-electron chi connectivity index (χ3n) is 4.36. The molecule has 0 saturated carbocycles. The fourth-order valence-electron chi connectivity index (χ4n) is 2.79. The molecule has 1 unspecified atom stereocenters. The summed E-state index contributed by atoms with van der Waals surface area (Å²) in [6.07, 6.45) is 0.120. The van der Waals surface area contributed by atoms with E-state index >= 15 is 0 Å². The number of aryl methyl sites for hydroxylation is 1. The van der Waals surface area contributed by atoms with Crippen molar-refractivity contribution in [3.8, 4) is 11.5 Å². The van der Waals surface area contributed by atoms with Gasteiger partial charge in [-0.2, -0.15) is 0 Å². The number of nitrogens with one attached hydrogen (secondary N) is 1. The Hall–Kier alpha value is -2.21. The summed E-state index contributed by atoms with van der Waals surface area (Å²) in [5.74, 6) is 0.225. The van der Waals surface area contributed by atoms with Gasteiger partial charge in [-0.1, -0.05) is 26.0 Å². The minimum absolute atomic E-state index is 0.115. The molecule has 1 amide bonds. The van der Waals surface area contributed by atoms with E-state index in [1.165, 1.54) is 6.07 Å². The van der Waals surface area contributed by atoms with E-state index in [0.29, 0.717) is 23.6 Å². The Morgan fingerprint density at radius 2 is 2.00 bits per heavy atom. The topological polar surface area (TPSA) is 58.4 Å². The second-order valence-electron chi connectivity index (χ2n) is 6.05. The molecule has 25 heavy (non-hydrogen) atoms. The van der Waals surface area contributed by atoms with Crippen LogP contribution in [0.4, 0.5) is 4.39 Å². The number of nitrogens with zero attached hydrogens (tertiary/aromatic N) is 2. The Morgan fingerprint density at radius 1 is 1.32 bits per heavy atom. The van der Waals surface area contributed by atoms with Gasteiger partial charge in [-0.05, 0) is 39.1 Å². The minimum Gasteiger partial charge on any atom is -0.441 e. The van der Waals surface area contributed by atoms with Crippen molar-refractivity contribution < 1.29 is 13.6 Å². The van der Waals surface area contributed by atoms with E-state index in [1.54, 1.807) is 25.1 Å². The molecule has 0 aliphatic rings. The second-order valence-corrected chi connectivity index (χ2v) is 6.05. The Bertz CT molecular complexity index is 710. The molecule has 1 aromatic heterocycles. The Morgan fingerprint density at radius 3 is 2.64 bits per heavy atom. The van der Waals surface area contributed by atoms with Gasteiger partial charge in [0.15, 0.2) is 0 Å². The van der Waals surface area contributed by atoms with Crippen LogP contribution < -0.4 is 5.32 Å². The molecule has 0 spiro atoms. The van der Waals surface area contributed by atoms with Gasteiger partial charge in [0.05, 0.1) is 17.7 Å². The molecule has 0 bridgehead atoms. The first-order valence-electron chi connectivity index (χ1n) is 8.68. The van der Waals surface area contributed by atoms with Crippen molar-refractivity contribution >= 4 is 5.91 Å². The number of halogens is 1. The number of rotatable bonds is 8. The molecule has 1 heterocycles. The Balaban J connectivity index is 1.99. The molecule has 1 aromatic carbocycles. The highest BCUT2D eigenvalue weighted by atomic mass is 19.1. The minimum atomic E-state index is -0.396. The highest BCUT2D eigenvalue weighted by Crippen LogP contribution is 2.24. The first-order chi connectivity index (χ1) is 12.0. The summed E-state index contributed by atoms with van der Waals surface area (Å²) in [7, 11) is 0. The lowest BCUT2D eigenvalue weighted by atomic mass is 10.2. The summed E-state index contributed by atoms with van der Waals surface area (Å²) < 4.78 is 19.4. The molecule has 136 valence electrons. The van der Waals surface area contributed by atoms with Crippen LogP contribution in [0.2, 0.25) is 0 Å². The number of carbonyl (C=O) groups excluding carboxylic acids is 1. The van der Waals surface area contributed by atoms with Crippen LogP contribution in [-0.2, 0) is 11.2 Å². The molecule has 1 atom stereocenters. The number of hydrogen-bond donors (Lipinski definition) is 1. The molecule has 0 radical (unpaired) electrons. The standard InChI is InChI=1S/C19H26FN3O2/c1-5-23(6-2)13(3)12-21-18(24)11-17-14(4)25-19(22-17)15-9-7-8-10-16(15)20/h7-10,13H,5-6,11-12H2,1-4H3,(H,21,24). The molecule has 1 N–H and O–H groups in total. The van der Waals surface area contributed by atoms with E-state index in [4.69, 9.17) is 4.42 Å². The monoisotopic (exact) mass is 347 g/mol. The predicted octanol–water partition coefficient (Wildman–Crippen LogP) is 3.18. The molecular formula is C19H26FN3O2. The van der Waals surface area contributed by atoms with E-state index < -0.39 is 5.82 Å². The van der Waals surface area contributed by atoms with Crippen LogP contribution in [0.5, 0.6) is 0 Å². The van der Waals surface area contributed by atoms with Crippen molar-refractivity contribution in [3.05, 3.63) is 41.5 Å². The van der Waals surface area contributed by atoms with Crippen molar-refractivity contribution in [1.82, 2.24) is 15.2 Å². The van der Waals surface area contributed by atoms with E-state index in [-0.39, 0.29) is 24.3 Å². The van der Waals surface area contributed by atoms with E-state index in [1.807, 2.05) is 0 Å². The number of oxazole rings is 1. The van der Waals surface area contributed by atoms with Crippen LogP contribution >= 0.6 is 0 Å². The van der Waals surface area contributed by atoms with Crippen LogP contribution in [-0.4, -0.2) is 41.5 Å². The molecule has 6 heteroatoms. The normalized spacial score (nSPS) is 12.4. The quantitative estimate of drug-likeness (QED) is 0.797. The fraction of sp³-hybridized carbons (Fsp3) is 0.474. The van der Waals surface area contributed by atoms with Crippen molar-refractivity contribution in [2.24, 2.45) is 0 Å². The van der Waals surface area contributed by atoms with Gasteiger partial charge in [0.1, 0.15) is 11.6 Å². The van der Waals surface area contributed by atoms with Gasteiger partial charge in [0, 0.05) is 12.6 Å². The van der Waals surface area contributed by atoms with Crippen LogP contribution in [0.3, 0.4) is 0 Å². The molecule has 0 fully saturated rings. The number of amides is 1. The van der Waals surface area contributed by atoms with Crippen molar-refractivity contribution in [1.29, 1.82) is 0 Å². The van der Waals surface area contributed by atoms with Crippen LogP contribution in [0.1, 0.15) is 32.2 Å². The number of likely N-dealkylation sites (N-methyl/N-ethyl adjacent to an activating group) is 1. The van der Waals surface area contributed by atoms with Crippen LogP contribution in [0, 0.1) is 12.7 Å². The number of aromatic nitrogens is 1. The maximum absolute atomic E-state index is 13.8. The van der Waals surface area contributed by atoms with Gasteiger partial charge in [0.2, 0.25) is 11.8 Å². The van der Waals surface area contributed by atoms with Crippen molar-refractivity contribution in [2.75, 3.05) is 19.6 Å². The Labute approximate surface area is 148 Å². The van der Waals surface area contributed by atoms with Crippen molar-refractivity contribution in [2.45, 2.75) is 40.2 Å². The zero-order valence-corrected chi connectivity index (χ0v) is 15.3. The molecule has 0 saturated heterocycles. The van der Waals surface area contributed by atoms with E-state index in [0.717, 1.165) is 13.1 Å². The van der Waals surface area contributed by atoms with Gasteiger partial charge >= 0.3 is 0 Å². The van der Waals surface area contributed by atoms with E-state index in [9.17, 15) is 9.18 Å². The molecule has 0 aliphatic heterocycles. The molecule has 2 aromatic rings.